The molecule has 0 heterocycles. The molecular weight excluding hydrogens is 346 g/mol. The zero-order valence-electron chi connectivity index (χ0n) is 15.1. The highest BCUT2D eigenvalue weighted by atomic mass is 32.2. The van der Waals surface area contributed by atoms with Gasteiger partial charge < -0.3 is 4.90 Å². The van der Waals surface area contributed by atoms with Crippen molar-refractivity contribution in [1.82, 2.24) is 4.90 Å². The fraction of sp³-hybridized carbons (Fsp3) is 0.381. The maximum absolute atomic E-state index is 12.8. The number of rotatable bonds is 5. The summed E-state index contributed by atoms with van der Waals surface area (Å²) in [4.78, 5) is 14.9. The van der Waals surface area contributed by atoms with Crippen molar-refractivity contribution in [3.8, 4) is 0 Å². The summed E-state index contributed by atoms with van der Waals surface area (Å²) >= 11 is 0. The van der Waals surface area contributed by atoms with Gasteiger partial charge in [-0.25, -0.2) is 8.42 Å². The molecule has 1 aliphatic carbocycles. The summed E-state index contributed by atoms with van der Waals surface area (Å²) in [6.07, 6.45) is 5.66. The average molecular weight is 372 g/mol. The second-order valence-corrected chi connectivity index (χ2v) is 8.97. The van der Waals surface area contributed by atoms with Crippen molar-refractivity contribution in [2.75, 3.05) is 7.05 Å². The molecule has 26 heavy (non-hydrogen) atoms. The van der Waals surface area contributed by atoms with Gasteiger partial charge in [0.15, 0.2) is 9.84 Å². The van der Waals surface area contributed by atoms with Gasteiger partial charge in [0.2, 0.25) is 0 Å². The molecule has 0 bridgehead atoms. The molecule has 138 valence electrons. The van der Waals surface area contributed by atoms with Crippen LogP contribution in [0.5, 0.6) is 0 Å². The second kappa shape index (κ2) is 8.04. The predicted molar refractivity (Wildman–Crippen MR) is 103 cm³/mol. The Morgan fingerprint density at radius 3 is 2.38 bits per heavy atom. The van der Waals surface area contributed by atoms with Gasteiger partial charge in [0, 0.05) is 18.7 Å². The lowest BCUT2D eigenvalue weighted by atomic mass is 9.94. The lowest BCUT2D eigenvalue weighted by Gasteiger charge is -2.31. The van der Waals surface area contributed by atoms with E-state index >= 15 is 0 Å². The van der Waals surface area contributed by atoms with E-state index in [1.54, 1.807) is 54.6 Å². The van der Waals surface area contributed by atoms with Crippen LogP contribution in [0.2, 0.25) is 0 Å². The van der Waals surface area contributed by atoms with E-state index in [1.165, 1.54) is 6.42 Å². The van der Waals surface area contributed by atoms with E-state index in [1.807, 2.05) is 11.9 Å². The first kappa shape index (κ1) is 18.6. The first-order valence-corrected chi connectivity index (χ1v) is 10.8. The Balaban J connectivity index is 1.76. The van der Waals surface area contributed by atoms with Crippen molar-refractivity contribution in [1.29, 1.82) is 0 Å². The number of benzene rings is 2. The quantitative estimate of drug-likeness (QED) is 0.796. The van der Waals surface area contributed by atoms with E-state index in [0.29, 0.717) is 16.0 Å². The molecule has 2 aromatic rings. The van der Waals surface area contributed by atoms with E-state index in [2.05, 4.69) is 0 Å². The second-order valence-electron chi connectivity index (χ2n) is 6.98. The maximum Gasteiger partial charge on any atom is 0.253 e. The molecule has 0 aliphatic heterocycles. The fourth-order valence-corrected chi connectivity index (χ4v) is 4.92. The molecule has 0 spiro atoms. The molecule has 1 fully saturated rings. The van der Waals surface area contributed by atoms with Gasteiger partial charge in [-0.2, -0.15) is 0 Å². The SMILES string of the molecule is CN(C(=O)c1cccc(CS(=O)(=O)c2ccccc2)c1)C1CCCCC1. The van der Waals surface area contributed by atoms with Crippen LogP contribution < -0.4 is 0 Å². The van der Waals surface area contributed by atoms with Crippen molar-refractivity contribution in [2.24, 2.45) is 0 Å². The normalized spacial score (nSPS) is 15.6. The monoisotopic (exact) mass is 371 g/mol. The van der Waals surface area contributed by atoms with Crippen LogP contribution in [0.25, 0.3) is 0 Å². The topological polar surface area (TPSA) is 54.5 Å². The van der Waals surface area contributed by atoms with Crippen molar-refractivity contribution < 1.29 is 13.2 Å². The van der Waals surface area contributed by atoms with Gasteiger partial charge in [-0.1, -0.05) is 49.6 Å². The number of amides is 1. The van der Waals surface area contributed by atoms with Crippen molar-refractivity contribution in [3.63, 3.8) is 0 Å². The Labute approximate surface area is 155 Å². The first-order valence-electron chi connectivity index (χ1n) is 9.11. The molecule has 5 heteroatoms. The fourth-order valence-electron chi connectivity index (χ4n) is 3.56. The van der Waals surface area contributed by atoms with Gasteiger partial charge in [-0.15, -0.1) is 0 Å². The van der Waals surface area contributed by atoms with Crippen LogP contribution in [0.1, 0.15) is 48.0 Å². The summed E-state index contributed by atoms with van der Waals surface area (Å²) in [5.41, 5.74) is 1.19. The third-order valence-corrected chi connectivity index (χ3v) is 6.78. The summed E-state index contributed by atoms with van der Waals surface area (Å²) < 4.78 is 25.1. The molecule has 1 aliphatic rings. The number of sulfone groups is 1. The summed E-state index contributed by atoms with van der Waals surface area (Å²) in [7, 11) is -1.57. The summed E-state index contributed by atoms with van der Waals surface area (Å²) in [6, 6.07) is 15.7. The number of hydrogen-bond acceptors (Lipinski definition) is 3. The standard InChI is InChI=1S/C21H25NO3S/c1-22(19-11-4-2-5-12-19)21(23)18-10-8-9-17(15-18)16-26(24,25)20-13-6-3-7-14-20/h3,6-10,13-15,19H,2,4-5,11-12,16H2,1H3. The van der Waals surface area contributed by atoms with E-state index in [4.69, 9.17) is 0 Å². The third kappa shape index (κ3) is 4.33. The van der Waals surface area contributed by atoms with Crippen LogP contribution >= 0.6 is 0 Å². The van der Waals surface area contributed by atoms with Crippen LogP contribution in [0.4, 0.5) is 0 Å². The van der Waals surface area contributed by atoms with Crippen LogP contribution in [0.3, 0.4) is 0 Å². The summed E-state index contributed by atoms with van der Waals surface area (Å²) in [5, 5.41) is 0. The van der Waals surface area contributed by atoms with Gasteiger partial charge in [0.1, 0.15) is 0 Å². The van der Waals surface area contributed by atoms with Gasteiger partial charge >= 0.3 is 0 Å². The summed E-state index contributed by atoms with van der Waals surface area (Å²) in [5.74, 6) is -0.137. The number of carbonyl (C=O) groups excluding carboxylic acids is 1. The molecular formula is C21H25NO3S. The molecule has 0 atom stereocenters. The number of carbonyl (C=O) groups is 1. The zero-order chi connectivity index (χ0) is 18.6. The van der Waals surface area contributed by atoms with E-state index < -0.39 is 9.84 Å². The van der Waals surface area contributed by atoms with E-state index in [0.717, 1.165) is 25.7 Å². The van der Waals surface area contributed by atoms with Gasteiger partial charge in [0.05, 0.1) is 10.6 Å². The lowest BCUT2D eigenvalue weighted by Crippen LogP contribution is -2.38. The highest BCUT2D eigenvalue weighted by Crippen LogP contribution is 2.23. The smallest absolute Gasteiger partial charge is 0.253 e. The van der Waals surface area contributed by atoms with Gasteiger partial charge in [-0.05, 0) is 42.7 Å². The third-order valence-electron chi connectivity index (χ3n) is 5.08. The highest BCUT2D eigenvalue weighted by Gasteiger charge is 2.23. The maximum atomic E-state index is 12.8. The Kier molecular flexibility index (Phi) is 5.77. The molecule has 0 radical (unpaired) electrons. The Hall–Kier alpha value is -2.14. The summed E-state index contributed by atoms with van der Waals surface area (Å²) in [6.45, 7) is 0. The van der Waals surface area contributed by atoms with Crippen LogP contribution in [0.15, 0.2) is 59.5 Å². The Bertz CT molecular complexity index is 856. The zero-order valence-corrected chi connectivity index (χ0v) is 15.9. The average Bonchev–Trinajstić information content (AvgIpc) is 2.68. The highest BCUT2D eigenvalue weighted by molar-refractivity contribution is 7.90. The van der Waals surface area contributed by atoms with Gasteiger partial charge in [-0.3, -0.25) is 4.79 Å². The first-order chi connectivity index (χ1) is 12.5. The van der Waals surface area contributed by atoms with Crippen molar-refractivity contribution in [2.45, 2.75) is 48.8 Å². The number of hydrogen-bond donors (Lipinski definition) is 0. The molecule has 4 nitrogen and oxygen atoms in total. The Morgan fingerprint density at radius 1 is 1.00 bits per heavy atom. The molecule has 2 aromatic carbocycles. The van der Waals surface area contributed by atoms with Crippen LogP contribution in [-0.2, 0) is 15.6 Å². The molecule has 0 N–H and O–H groups in total. The van der Waals surface area contributed by atoms with Crippen LogP contribution in [-0.4, -0.2) is 32.3 Å². The minimum Gasteiger partial charge on any atom is -0.339 e. The minimum absolute atomic E-state index is 0.0316. The largest absolute Gasteiger partial charge is 0.339 e. The molecule has 1 saturated carbocycles. The molecule has 0 saturated heterocycles. The number of nitrogens with zero attached hydrogens (tertiary/aromatic N) is 1. The molecule has 0 unspecified atom stereocenters. The minimum atomic E-state index is -3.42. The van der Waals surface area contributed by atoms with E-state index in [9.17, 15) is 13.2 Å². The Morgan fingerprint density at radius 2 is 1.69 bits per heavy atom. The lowest BCUT2D eigenvalue weighted by molar-refractivity contribution is 0.0696. The predicted octanol–water partition coefficient (Wildman–Crippen LogP) is 4.07. The molecule has 3 rings (SSSR count). The van der Waals surface area contributed by atoms with Gasteiger partial charge in [0.25, 0.3) is 5.91 Å². The van der Waals surface area contributed by atoms with Crippen molar-refractivity contribution in [3.05, 3.63) is 65.7 Å². The van der Waals surface area contributed by atoms with Crippen LogP contribution in [0, 0.1) is 0 Å². The van der Waals surface area contributed by atoms with E-state index in [-0.39, 0.29) is 17.7 Å². The molecule has 0 aromatic heterocycles. The molecule has 1 amide bonds. The van der Waals surface area contributed by atoms with Crippen molar-refractivity contribution >= 4 is 15.7 Å².